The molecule has 1 aromatic heterocycles. The molecule has 2 aromatic carbocycles. The van der Waals surface area contributed by atoms with Crippen LogP contribution in [0.5, 0.6) is 5.75 Å². The van der Waals surface area contributed by atoms with E-state index in [1.165, 1.54) is 5.56 Å². The van der Waals surface area contributed by atoms with E-state index in [-0.39, 0.29) is 0 Å². The average Bonchev–Trinajstić information content (AvgIpc) is 2.65. The number of nitrogens with zero attached hydrogens (tertiary/aromatic N) is 1. The summed E-state index contributed by atoms with van der Waals surface area (Å²) in [5, 5.41) is 11.4. The van der Waals surface area contributed by atoms with Crippen LogP contribution in [0, 0.1) is 6.92 Å². The average molecular weight is 335 g/mol. The number of fused-ring (bicyclic) bond motifs is 1. The Kier molecular flexibility index (Phi) is 5.67. The molecule has 1 N–H and O–H groups in total. The highest BCUT2D eigenvalue weighted by Gasteiger charge is 2.09. The molecule has 3 aromatic rings. The Morgan fingerprint density at radius 2 is 1.96 bits per heavy atom. The van der Waals surface area contributed by atoms with E-state index in [0.717, 1.165) is 47.0 Å². The molecule has 0 spiro atoms. The normalized spacial score (nSPS) is 12.3. The minimum Gasteiger partial charge on any atom is -0.487 e. The minimum atomic E-state index is -0.401. The van der Waals surface area contributed by atoms with Crippen LogP contribution in [0.4, 0.5) is 0 Å². The molecule has 0 saturated heterocycles. The maximum Gasteiger partial charge on any atom is 0.146 e. The first-order valence-corrected chi connectivity index (χ1v) is 8.93. The summed E-state index contributed by atoms with van der Waals surface area (Å²) in [6.45, 7) is 4.68. The fourth-order valence-electron chi connectivity index (χ4n) is 3.02. The van der Waals surface area contributed by atoms with E-state index in [0.29, 0.717) is 6.61 Å². The third-order valence-corrected chi connectivity index (χ3v) is 4.51. The lowest BCUT2D eigenvalue weighted by molar-refractivity contribution is 0.164. The van der Waals surface area contributed by atoms with Crippen LogP contribution in [-0.4, -0.2) is 10.1 Å². The van der Waals surface area contributed by atoms with Crippen molar-refractivity contribution in [2.75, 3.05) is 0 Å². The maximum absolute atomic E-state index is 10.3. The van der Waals surface area contributed by atoms with Gasteiger partial charge in [-0.15, -0.1) is 0 Å². The fraction of sp³-hybridized carbons (Fsp3) is 0.318. The molecule has 0 amide bonds. The Hall–Kier alpha value is -2.39. The van der Waals surface area contributed by atoms with Crippen LogP contribution in [0.2, 0.25) is 0 Å². The molecule has 25 heavy (non-hydrogen) atoms. The van der Waals surface area contributed by atoms with Gasteiger partial charge in [-0.25, -0.2) is 0 Å². The van der Waals surface area contributed by atoms with Gasteiger partial charge in [0.05, 0.1) is 6.10 Å². The van der Waals surface area contributed by atoms with Gasteiger partial charge in [0, 0.05) is 11.6 Å². The molecule has 1 atom stereocenters. The fourth-order valence-corrected chi connectivity index (χ4v) is 3.02. The number of hydrogen-bond donors (Lipinski definition) is 1. The van der Waals surface area contributed by atoms with E-state index in [1.807, 2.05) is 48.7 Å². The number of para-hydroxylation sites is 1. The summed E-state index contributed by atoms with van der Waals surface area (Å²) in [6.07, 6.45) is 4.33. The lowest BCUT2D eigenvalue weighted by Gasteiger charge is -2.13. The Morgan fingerprint density at radius 3 is 2.80 bits per heavy atom. The van der Waals surface area contributed by atoms with Crippen molar-refractivity contribution < 1.29 is 9.84 Å². The predicted molar refractivity (Wildman–Crippen MR) is 102 cm³/mol. The third kappa shape index (κ3) is 4.18. The number of rotatable bonds is 7. The van der Waals surface area contributed by atoms with Crippen LogP contribution in [0.25, 0.3) is 10.9 Å². The van der Waals surface area contributed by atoms with E-state index in [9.17, 15) is 5.11 Å². The molecule has 0 aliphatic rings. The summed E-state index contributed by atoms with van der Waals surface area (Å²) >= 11 is 0. The van der Waals surface area contributed by atoms with Gasteiger partial charge in [0.1, 0.15) is 17.9 Å². The van der Waals surface area contributed by atoms with E-state index in [1.54, 1.807) is 0 Å². The molecular formula is C22H25NO2. The lowest BCUT2D eigenvalue weighted by atomic mass is 10.0. The summed E-state index contributed by atoms with van der Waals surface area (Å²) in [5.74, 6) is 0.790. The molecule has 130 valence electrons. The monoisotopic (exact) mass is 335 g/mol. The topological polar surface area (TPSA) is 42.4 Å². The van der Waals surface area contributed by atoms with Crippen molar-refractivity contribution in [1.29, 1.82) is 0 Å². The predicted octanol–water partition coefficient (Wildman–Crippen LogP) is 5.35. The second-order valence-corrected chi connectivity index (χ2v) is 6.47. The molecule has 0 bridgehead atoms. The van der Waals surface area contributed by atoms with E-state index in [2.05, 4.69) is 24.9 Å². The number of pyridine rings is 1. The van der Waals surface area contributed by atoms with Gasteiger partial charge in [-0.3, -0.25) is 4.98 Å². The molecule has 3 nitrogen and oxygen atoms in total. The van der Waals surface area contributed by atoms with Crippen LogP contribution in [-0.2, 0) is 6.61 Å². The van der Waals surface area contributed by atoms with Crippen LogP contribution in [0.1, 0.15) is 49.0 Å². The lowest BCUT2D eigenvalue weighted by Crippen LogP contribution is -2.01. The molecular weight excluding hydrogens is 310 g/mol. The van der Waals surface area contributed by atoms with Crippen molar-refractivity contribution in [3.05, 3.63) is 71.4 Å². The first-order chi connectivity index (χ1) is 12.2. The molecule has 0 aliphatic carbocycles. The van der Waals surface area contributed by atoms with Crippen LogP contribution >= 0.6 is 0 Å². The molecule has 1 unspecified atom stereocenters. The number of aliphatic hydroxyl groups is 1. The summed E-state index contributed by atoms with van der Waals surface area (Å²) in [5.41, 5.74) is 4.09. The van der Waals surface area contributed by atoms with Gasteiger partial charge in [0.2, 0.25) is 0 Å². The number of aliphatic hydroxyl groups excluding tert-OH is 1. The van der Waals surface area contributed by atoms with Crippen molar-refractivity contribution in [1.82, 2.24) is 4.98 Å². The van der Waals surface area contributed by atoms with E-state index >= 15 is 0 Å². The smallest absolute Gasteiger partial charge is 0.146 e. The Labute approximate surface area is 149 Å². The van der Waals surface area contributed by atoms with Gasteiger partial charge < -0.3 is 9.84 Å². The van der Waals surface area contributed by atoms with E-state index < -0.39 is 6.10 Å². The second-order valence-electron chi connectivity index (χ2n) is 6.47. The van der Waals surface area contributed by atoms with Gasteiger partial charge in [-0.1, -0.05) is 50.1 Å². The number of unbranched alkanes of at least 4 members (excludes halogenated alkanes) is 1. The van der Waals surface area contributed by atoms with Gasteiger partial charge >= 0.3 is 0 Å². The molecule has 3 rings (SSSR count). The number of hydrogen-bond acceptors (Lipinski definition) is 3. The summed E-state index contributed by atoms with van der Waals surface area (Å²) in [6, 6.07) is 16.0. The zero-order valence-corrected chi connectivity index (χ0v) is 14.9. The zero-order chi connectivity index (χ0) is 17.6. The molecule has 1 heterocycles. The first-order valence-electron chi connectivity index (χ1n) is 8.93. The van der Waals surface area contributed by atoms with Crippen molar-refractivity contribution in [3.63, 3.8) is 0 Å². The van der Waals surface area contributed by atoms with E-state index in [4.69, 9.17) is 4.74 Å². The van der Waals surface area contributed by atoms with Crippen molar-refractivity contribution in [3.8, 4) is 5.75 Å². The highest BCUT2D eigenvalue weighted by atomic mass is 16.5. The quantitative estimate of drug-likeness (QED) is 0.633. The number of benzene rings is 2. The largest absolute Gasteiger partial charge is 0.487 e. The Morgan fingerprint density at radius 1 is 1.12 bits per heavy atom. The minimum absolute atomic E-state index is 0.401. The van der Waals surface area contributed by atoms with Gasteiger partial charge in [-0.2, -0.15) is 0 Å². The molecule has 0 aliphatic heterocycles. The standard InChI is InChI=1S/C22H25NO2/c1-3-4-10-20(24)18-8-5-7-17(14-18)15-25-21-11-6-9-19-16(2)12-13-23-22(19)21/h5-9,11-14,20,24H,3-4,10,15H2,1-2H3. The molecule has 0 fully saturated rings. The second kappa shape index (κ2) is 8.13. The third-order valence-electron chi connectivity index (χ3n) is 4.51. The molecule has 0 saturated carbocycles. The van der Waals surface area contributed by atoms with Gasteiger partial charge in [-0.05, 0) is 48.2 Å². The summed E-state index contributed by atoms with van der Waals surface area (Å²) in [7, 11) is 0. The van der Waals surface area contributed by atoms with Crippen LogP contribution in [0.3, 0.4) is 0 Å². The number of aromatic nitrogens is 1. The summed E-state index contributed by atoms with van der Waals surface area (Å²) < 4.78 is 6.03. The maximum atomic E-state index is 10.3. The number of ether oxygens (including phenoxy) is 1. The SMILES string of the molecule is CCCCC(O)c1cccc(COc2cccc3c(C)ccnc23)c1. The first kappa shape index (κ1) is 17.4. The van der Waals surface area contributed by atoms with Gasteiger partial charge in [0.25, 0.3) is 0 Å². The molecule has 0 radical (unpaired) electrons. The van der Waals surface area contributed by atoms with Gasteiger partial charge in [0.15, 0.2) is 0 Å². The zero-order valence-electron chi connectivity index (χ0n) is 14.9. The van der Waals surface area contributed by atoms with Crippen molar-refractivity contribution in [2.24, 2.45) is 0 Å². The number of aryl methyl sites for hydroxylation is 1. The highest BCUT2D eigenvalue weighted by molar-refractivity contribution is 5.86. The Bertz CT molecular complexity index is 844. The van der Waals surface area contributed by atoms with Crippen molar-refractivity contribution in [2.45, 2.75) is 45.8 Å². The van der Waals surface area contributed by atoms with Crippen LogP contribution < -0.4 is 4.74 Å². The molecule has 3 heteroatoms. The highest BCUT2D eigenvalue weighted by Crippen LogP contribution is 2.27. The summed E-state index contributed by atoms with van der Waals surface area (Å²) in [4.78, 5) is 4.47. The van der Waals surface area contributed by atoms with Crippen LogP contribution in [0.15, 0.2) is 54.7 Å². The Balaban J connectivity index is 1.75. The van der Waals surface area contributed by atoms with Crippen molar-refractivity contribution >= 4 is 10.9 Å².